The quantitative estimate of drug-likeness (QED) is 0.567. The highest BCUT2D eigenvalue weighted by Crippen LogP contribution is 2.31. The van der Waals surface area contributed by atoms with Gasteiger partial charge in [0.2, 0.25) is 0 Å². The molecule has 8 nitrogen and oxygen atoms in total. The Morgan fingerprint density at radius 3 is 2.76 bits per heavy atom. The maximum Gasteiger partial charge on any atom is 0.305 e. The third-order valence-corrected chi connectivity index (χ3v) is 4.33. The smallest absolute Gasteiger partial charge is 0.305 e. The fourth-order valence-corrected chi connectivity index (χ4v) is 2.90. The molecule has 0 aliphatic heterocycles. The Balaban J connectivity index is 1.85. The van der Waals surface area contributed by atoms with Crippen LogP contribution in [0.25, 0.3) is 11.1 Å². The van der Waals surface area contributed by atoms with Crippen molar-refractivity contribution in [2.45, 2.75) is 25.8 Å². The van der Waals surface area contributed by atoms with Gasteiger partial charge in [-0.05, 0) is 42.3 Å². The number of carboxylic acid groups (broad SMARTS) is 1. The van der Waals surface area contributed by atoms with E-state index in [1.54, 1.807) is 36.4 Å². The molecule has 0 fully saturated rings. The second-order valence-electron chi connectivity index (χ2n) is 6.42. The van der Waals surface area contributed by atoms with Gasteiger partial charge in [0.25, 0.3) is 5.91 Å². The first-order chi connectivity index (χ1) is 14.0. The van der Waals surface area contributed by atoms with Crippen LogP contribution >= 0.6 is 0 Å². The first-order valence-corrected chi connectivity index (χ1v) is 9.18. The van der Waals surface area contributed by atoms with Crippen LogP contribution in [0.2, 0.25) is 0 Å². The van der Waals surface area contributed by atoms with E-state index in [-0.39, 0.29) is 6.42 Å². The van der Waals surface area contributed by atoms with Crippen molar-refractivity contribution in [3.05, 3.63) is 53.9 Å². The highest BCUT2D eigenvalue weighted by molar-refractivity contribution is 5.97. The third-order valence-electron chi connectivity index (χ3n) is 4.33. The fourth-order valence-electron chi connectivity index (χ4n) is 2.90. The van der Waals surface area contributed by atoms with Gasteiger partial charge in [0.15, 0.2) is 23.5 Å². The predicted molar refractivity (Wildman–Crippen MR) is 105 cm³/mol. The lowest BCUT2D eigenvalue weighted by Gasteiger charge is -2.19. The SMILES string of the molecule is CCCOc1ccc(C(CC(=O)O)NC(=O)c2ccc3ocnc3c2)cc1OC. The molecule has 29 heavy (non-hydrogen) atoms. The molecule has 0 saturated heterocycles. The van der Waals surface area contributed by atoms with Crippen LogP contribution in [0, 0.1) is 0 Å². The number of hydrogen-bond donors (Lipinski definition) is 2. The van der Waals surface area contributed by atoms with E-state index in [0.29, 0.717) is 40.3 Å². The number of oxazole rings is 1. The summed E-state index contributed by atoms with van der Waals surface area (Å²) in [6.45, 7) is 2.53. The number of aromatic nitrogens is 1. The Labute approximate surface area is 167 Å². The molecule has 1 heterocycles. The number of methoxy groups -OCH3 is 1. The summed E-state index contributed by atoms with van der Waals surface area (Å²) in [5.41, 5.74) is 2.07. The van der Waals surface area contributed by atoms with Gasteiger partial charge in [0.05, 0.1) is 26.2 Å². The number of carbonyl (C=O) groups is 2. The first kappa shape index (κ1) is 20.2. The van der Waals surface area contributed by atoms with E-state index in [0.717, 1.165) is 6.42 Å². The van der Waals surface area contributed by atoms with Crippen molar-refractivity contribution < 1.29 is 28.6 Å². The lowest BCUT2D eigenvalue weighted by Crippen LogP contribution is -2.30. The average Bonchev–Trinajstić information content (AvgIpc) is 3.19. The van der Waals surface area contributed by atoms with Crippen molar-refractivity contribution in [1.82, 2.24) is 10.3 Å². The number of amides is 1. The molecule has 0 aliphatic rings. The maximum atomic E-state index is 12.7. The van der Waals surface area contributed by atoms with Gasteiger partial charge in [-0.1, -0.05) is 13.0 Å². The lowest BCUT2D eigenvalue weighted by atomic mass is 10.0. The molecule has 3 aromatic rings. The monoisotopic (exact) mass is 398 g/mol. The number of rotatable bonds is 9. The fraction of sp³-hybridized carbons (Fsp3) is 0.286. The number of aliphatic carboxylic acids is 1. The summed E-state index contributed by atoms with van der Waals surface area (Å²) >= 11 is 0. The zero-order valence-electron chi connectivity index (χ0n) is 16.2. The normalized spacial score (nSPS) is 11.8. The molecular weight excluding hydrogens is 376 g/mol. The van der Waals surface area contributed by atoms with E-state index in [4.69, 9.17) is 13.9 Å². The number of nitrogens with one attached hydrogen (secondary N) is 1. The van der Waals surface area contributed by atoms with Crippen LogP contribution in [0.1, 0.15) is 41.7 Å². The molecule has 3 rings (SSSR count). The Kier molecular flexibility index (Phi) is 6.33. The van der Waals surface area contributed by atoms with Crippen LogP contribution in [0.3, 0.4) is 0 Å². The van der Waals surface area contributed by atoms with Crippen molar-refractivity contribution in [3.8, 4) is 11.5 Å². The van der Waals surface area contributed by atoms with Crippen molar-refractivity contribution >= 4 is 23.0 Å². The van der Waals surface area contributed by atoms with Gasteiger partial charge in [0, 0.05) is 5.56 Å². The van der Waals surface area contributed by atoms with Gasteiger partial charge in [-0.2, -0.15) is 0 Å². The summed E-state index contributed by atoms with van der Waals surface area (Å²) in [4.78, 5) is 28.1. The molecule has 0 aliphatic carbocycles. The molecule has 1 aromatic heterocycles. The summed E-state index contributed by atoms with van der Waals surface area (Å²) in [6.07, 6.45) is 1.86. The zero-order valence-corrected chi connectivity index (χ0v) is 16.2. The average molecular weight is 398 g/mol. The minimum Gasteiger partial charge on any atom is -0.493 e. The lowest BCUT2D eigenvalue weighted by molar-refractivity contribution is -0.137. The molecule has 1 unspecified atom stereocenters. The van der Waals surface area contributed by atoms with Gasteiger partial charge in [-0.15, -0.1) is 0 Å². The first-order valence-electron chi connectivity index (χ1n) is 9.18. The molecule has 152 valence electrons. The van der Waals surface area contributed by atoms with Gasteiger partial charge >= 0.3 is 5.97 Å². The van der Waals surface area contributed by atoms with Crippen LogP contribution < -0.4 is 14.8 Å². The second-order valence-corrected chi connectivity index (χ2v) is 6.42. The summed E-state index contributed by atoms with van der Waals surface area (Å²) in [7, 11) is 1.51. The molecule has 2 aromatic carbocycles. The highest BCUT2D eigenvalue weighted by atomic mass is 16.5. The number of benzene rings is 2. The number of carboxylic acids is 1. The van der Waals surface area contributed by atoms with Gasteiger partial charge < -0.3 is 24.3 Å². The molecular formula is C21H22N2O6. The summed E-state index contributed by atoms with van der Waals surface area (Å²) in [5, 5.41) is 12.1. The van der Waals surface area contributed by atoms with Crippen LogP contribution in [-0.4, -0.2) is 35.7 Å². The predicted octanol–water partition coefficient (Wildman–Crippen LogP) is 3.57. The molecule has 1 atom stereocenters. The summed E-state index contributed by atoms with van der Waals surface area (Å²) in [6, 6.07) is 9.21. The number of fused-ring (bicyclic) bond motifs is 1. The number of hydrogen-bond acceptors (Lipinski definition) is 6. The van der Waals surface area contributed by atoms with E-state index >= 15 is 0 Å². The van der Waals surface area contributed by atoms with Crippen molar-refractivity contribution in [3.63, 3.8) is 0 Å². The minimum atomic E-state index is -1.03. The standard InChI is InChI=1S/C21H22N2O6/c1-3-8-28-18-7-4-13(10-19(18)27-2)15(11-20(24)25)23-21(26)14-5-6-17-16(9-14)22-12-29-17/h4-7,9-10,12,15H,3,8,11H2,1-2H3,(H,23,26)(H,24,25). The molecule has 0 spiro atoms. The van der Waals surface area contributed by atoms with Crippen LogP contribution in [0.4, 0.5) is 0 Å². The van der Waals surface area contributed by atoms with E-state index in [1.807, 2.05) is 6.92 Å². The molecule has 0 bridgehead atoms. The number of nitrogens with zero attached hydrogens (tertiary/aromatic N) is 1. The van der Waals surface area contributed by atoms with Crippen LogP contribution in [0.5, 0.6) is 11.5 Å². The van der Waals surface area contributed by atoms with Crippen LogP contribution in [0.15, 0.2) is 47.2 Å². The Morgan fingerprint density at radius 2 is 2.03 bits per heavy atom. The van der Waals surface area contributed by atoms with Crippen LogP contribution in [-0.2, 0) is 4.79 Å². The largest absolute Gasteiger partial charge is 0.493 e. The minimum absolute atomic E-state index is 0.281. The van der Waals surface area contributed by atoms with Crippen molar-refractivity contribution in [2.24, 2.45) is 0 Å². The summed E-state index contributed by atoms with van der Waals surface area (Å²) < 4.78 is 16.2. The van der Waals surface area contributed by atoms with E-state index in [2.05, 4.69) is 10.3 Å². The van der Waals surface area contributed by atoms with E-state index < -0.39 is 17.9 Å². The van der Waals surface area contributed by atoms with E-state index in [1.165, 1.54) is 13.5 Å². The van der Waals surface area contributed by atoms with Gasteiger partial charge in [-0.25, -0.2) is 4.98 Å². The number of ether oxygens (including phenoxy) is 2. The Morgan fingerprint density at radius 1 is 1.21 bits per heavy atom. The van der Waals surface area contributed by atoms with E-state index in [9.17, 15) is 14.7 Å². The topological polar surface area (TPSA) is 111 Å². The van der Waals surface area contributed by atoms with Crippen molar-refractivity contribution in [1.29, 1.82) is 0 Å². The molecule has 0 radical (unpaired) electrons. The zero-order chi connectivity index (χ0) is 20.8. The number of carbonyl (C=O) groups excluding carboxylic acids is 1. The van der Waals surface area contributed by atoms with Crippen molar-refractivity contribution in [2.75, 3.05) is 13.7 Å². The molecule has 2 N–H and O–H groups in total. The molecule has 1 amide bonds. The summed E-state index contributed by atoms with van der Waals surface area (Å²) in [5.74, 6) is -0.404. The second kappa shape index (κ2) is 9.09. The molecule has 0 saturated carbocycles. The third kappa shape index (κ3) is 4.84. The maximum absolute atomic E-state index is 12.7. The van der Waals surface area contributed by atoms with Gasteiger partial charge in [-0.3, -0.25) is 9.59 Å². The Bertz CT molecular complexity index is 1010. The highest BCUT2D eigenvalue weighted by Gasteiger charge is 2.21. The molecule has 8 heteroatoms. The van der Waals surface area contributed by atoms with Gasteiger partial charge in [0.1, 0.15) is 5.52 Å². The Hall–Kier alpha value is -3.55.